The second kappa shape index (κ2) is 58.7. The molecule has 0 amide bonds. The van der Waals surface area contributed by atoms with Crippen LogP contribution in [0.4, 0.5) is 0 Å². The van der Waals surface area contributed by atoms with Crippen molar-refractivity contribution >= 4 is 39.5 Å². The van der Waals surface area contributed by atoms with Crippen LogP contribution in [0.5, 0.6) is 0 Å². The number of hydrogen-bond donors (Lipinski definition) is 3. The van der Waals surface area contributed by atoms with Gasteiger partial charge < -0.3 is 33.8 Å². The minimum atomic E-state index is -4.94. The Hall–Kier alpha value is -1.94. The molecule has 0 aromatic carbocycles. The fourth-order valence-corrected chi connectivity index (χ4v) is 11.3. The van der Waals surface area contributed by atoms with Gasteiger partial charge in [0.1, 0.15) is 19.3 Å². The Bertz CT molecular complexity index is 1640. The average molecular weight is 1240 g/mol. The highest BCUT2D eigenvalue weighted by molar-refractivity contribution is 7.47. The van der Waals surface area contributed by atoms with Crippen LogP contribution in [-0.4, -0.2) is 96.7 Å². The molecule has 0 aromatic rings. The first kappa shape index (κ1) is 82.1. The van der Waals surface area contributed by atoms with Crippen LogP contribution in [0.1, 0.15) is 330 Å². The van der Waals surface area contributed by atoms with Crippen LogP contribution >= 0.6 is 15.6 Å². The Kier molecular flexibility index (Phi) is 57.4. The summed E-state index contributed by atoms with van der Waals surface area (Å²) >= 11 is 0. The zero-order chi connectivity index (χ0) is 62.0. The molecule has 0 heterocycles. The third-order valence-electron chi connectivity index (χ3n) is 15.0. The van der Waals surface area contributed by atoms with Crippen LogP contribution in [-0.2, 0) is 65.4 Å². The van der Waals surface area contributed by atoms with Gasteiger partial charge in [0.25, 0.3) is 0 Å². The molecule has 2 unspecified atom stereocenters. The second-order valence-corrected chi connectivity index (χ2v) is 26.9. The summed E-state index contributed by atoms with van der Waals surface area (Å²) in [6.07, 6.45) is 43.0. The van der Waals surface area contributed by atoms with Crippen molar-refractivity contribution in [2.24, 2.45) is 5.92 Å². The SMILES string of the molecule is CCCCCCCCCCCCCC(=O)OC[C@H](COP(=O)(O)OC[C@@H](O)COP(=O)(O)OC[C@@H](COC(=O)CCCCCCCCC)OC(=O)CCCCCCCCCCCCC)OC(=O)CCCCCCCCCCCCCCC(C)C. The quantitative estimate of drug-likeness (QED) is 0.0222. The van der Waals surface area contributed by atoms with Gasteiger partial charge in [0.05, 0.1) is 26.4 Å². The monoisotopic (exact) mass is 1240 g/mol. The summed E-state index contributed by atoms with van der Waals surface area (Å²) in [7, 11) is -9.88. The molecule has 19 heteroatoms. The molecule has 84 heavy (non-hydrogen) atoms. The standard InChI is InChI=1S/C65H126O17P2/c1-6-9-12-15-18-20-24-29-34-39-44-49-63(68)76-55-61(82-65(70)51-46-41-36-31-27-23-22-26-28-33-37-42-47-58(4)5)57-80-84(73,74)78-53-59(66)52-77-83(71,72)79-56-60(54-75-62(67)48-43-38-32-17-14-11-8-3)81-64(69)50-45-40-35-30-25-21-19-16-13-10-7-2/h58-61,66H,6-57H2,1-5H3,(H,71,72)(H,73,74)/t59-,60+,61+/m0/s1. The molecular weight excluding hydrogens is 1110 g/mol. The minimum Gasteiger partial charge on any atom is -0.462 e. The van der Waals surface area contributed by atoms with Crippen molar-refractivity contribution in [1.29, 1.82) is 0 Å². The number of phosphoric acid groups is 2. The molecule has 0 rings (SSSR count). The van der Waals surface area contributed by atoms with Crippen LogP contribution in [0.25, 0.3) is 0 Å². The molecule has 0 aliphatic heterocycles. The predicted octanol–water partition coefficient (Wildman–Crippen LogP) is 18.2. The lowest BCUT2D eigenvalue weighted by atomic mass is 10.0. The predicted molar refractivity (Wildman–Crippen MR) is 335 cm³/mol. The van der Waals surface area contributed by atoms with E-state index in [1.54, 1.807) is 0 Å². The van der Waals surface area contributed by atoms with Crippen molar-refractivity contribution in [3.8, 4) is 0 Å². The summed E-state index contributed by atoms with van der Waals surface area (Å²) in [4.78, 5) is 72.2. The Morgan fingerprint density at radius 1 is 0.321 bits per heavy atom. The van der Waals surface area contributed by atoms with Crippen LogP contribution < -0.4 is 0 Å². The zero-order valence-corrected chi connectivity index (χ0v) is 55.8. The van der Waals surface area contributed by atoms with Crippen molar-refractivity contribution in [3.63, 3.8) is 0 Å². The van der Waals surface area contributed by atoms with Crippen LogP contribution in [0.2, 0.25) is 0 Å². The van der Waals surface area contributed by atoms with Gasteiger partial charge in [-0.25, -0.2) is 9.13 Å². The van der Waals surface area contributed by atoms with Gasteiger partial charge in [-0.15, -0.1) is 0 Å². The number of aliphatic hydroxyl groups is 1. The fraction of sp³-hybridized carbons (Fsp3) is 0.938. The summed E-state index contributed by atoms with van der Waals surface area (Å²) < 4.78 is 68.0. The van der Waals surface area contributed by atoms with E-state index in [0.717, 1.165) is 109 Å². The largest absolute Gasteiger partial charge is 0.472 e. The summed E-state index contributed by atoms with van der Waals surface area (Å²) in [5.74, 6) is -1.36. The zero-order valence-electron chi connectivity index (χ0n) is 54.0. The smallest absolute Gasteiger partial charge is 0.462 e. The van der Waals surface area contributed by atoms with E-state index in [1.165, 1.54) is 141 Å². The van der Waals surface area contributed by atoms with Gasteiger partial charge in [-0.1, -0.05) is 279 Å². The normalized spacial score (nSPS) is 14.2. The van der Waals surface area contributed by atoms with Gasteiger partial charge in [0.15, 0.2) is 12.2 Å². The maximum atomic E-state index is 13.0. The highest BCUT2D eigenvalue weighted by Crippen LogP contribution is 2.45. The van der Waals surface area contributed by atoms with Crippen LogP contribution in [0, 0.1) is 5.92 Å². The van der Waals surface area contributed by atoms with E-state index in [9.17, 15) is 43.2 Å². The highest BCUT2D eigenvalue weighted by atomic mass is 31.2. The molecule has 0 spiro atoms. The maximum Gasteiger partial charge on any atom is 0.472 e. The molecule has 0 bridgehead atoms. The third kappa shape index (κ3) is 59.0. The number of phosphoric ester groups is 2. The number of carbonyl (C=O) groups is 4. The first-order chi connectivity index (χ1) is 40.5. The van der Waals surface area contributed by atoms with Gasteiger partial charge in [0, 0.05) is 25.7 Å². The van der Waals surface area contributed by atoms with Gasteiger partial charge >= 0.3 is 39.5 Å². The van der Waals surface area contributed by atoms with Gasteiger partial charge in [-0.05, 0) is 31.6 Å². The van der Waals surface area contributed by atoms with Crippen molar-refractivity contribution in [1.82, 2.24) is 0 Å². The van der Waals surface area contributed by atoms with Crippen molar-refractivity contribution in [3.05, 3.63) is 0 Å². The molecule has 17 nitrogen and oxygen atoms in total. The second-order valence-electron chi connectivity index (χ2n) is 24.0. The molecule has 498 valence electrons. The van der Waals surface area contributed by atoms with Crippen molar-refractivity contribution in [2.45, 2.75) is 348 Å². The molecule has 0 fully saturated rings. The third-order valence-corrected chi connectivity index (χ3v) is 16.9. The Morgan fingerprint density at radius 2 is 0.548 bits per heavy atom. The van der Waals surface area contributed by atoms with Crippen molar-refractivity contribution < 1.29 is 80.2 Å². The van der Waals surface area contributed by atoms with E-state index >= 15 is 0 Å². The van der Waals surface area contributed by atoms with E-state index in [4.69, 9.17) is 37.0 Å². The van der Waals surface area contributed by atoms with Crippen LogP contribution in [0.15, 0.2) is 0 Å². The Labute approximate surface area is 511 Å². The van der Waals surface area contributed by atoms with Crippen molar-refractivity contribution in [2.75, 3.05) is 39.6 Å². The number of hydrogen-bond acceptors (Lipinski definition) is 15. The number of unbranched alkanes of at least 4 members (excludes halogenated alkanes) is 37. The summed E-state index contributed by atoms with van der Waals surface area (Å²) in [5.41, 5.74) is 0. The van der Waals surface area contributed by atoms with E-state index in [1.807, 2.05) is 0 Å². The first-order valence-corrected chi connectivity index (χ1v) is 37.1. The number of carbonyl (C=O) groups excluding carboxylic acids is 4. The lowest BCUT2D eigenvalue weighted by molar-refractivity contribution is -0.161. The maximum absolute atomic E-state index is 13.0. The molecule has 0 radical (unpaired) electrons. The molecule has 0 saturated carbocycles. The van der Waals surface area contributed by atoms with E-state index in [0.29, 0.717) is 25.7 Å². The lowest BCUT2D eigenvalue weighted by Gasteiger charge is -2.21. The van der Waals surface area contributed by atoms with Crippen LogP contribution in [0.3, 0.4) is 0 Å². The Balaban J connectivity index is 5.21. The molecular formula is C65H126O17P2. The van der Waals surface area contributed by atoms with E-state index in [-0.39, 0.29) is 25.7 Å². The molecule has 3 N–H and O–H groups in total. The number of ether oxygens (including phenoxy) is 4. The molecule has 0 aliphatic carbocycles. The fourth-order valence-electron chi connectivity index (χ4n) is 9.76. The summed E-state index contributed by atoms with van der Waals surface area (Å²) in [6, 6.07) is 0. The molecule has 0 aliphatic rings. The highest BCUT2D eigenvalue weighted by Gasteiger charge is 2.30. The molecule has 0 aromatic heterocycles. The van der Waals surface area contributed by atoms with E-state index in [2.05, 4.69) is 34.6 Å². The minimum absolute atomic E-state index is 0.107. The van der Waals surface area contributed by atoms with E-state index < -0.39 is 97.5 Å². The summed E-state index contributed by atoms with van der Waals surface area (Å²) in [6.45, 7) is 7.17. The van der Waals surface area contributed by atoms with Gasteiger partial charge in [0.2, 0.25) is 0 Å². The molecule has 5 atom stereocenters. The topological polar surface area (TPSA) is 237 Å². The van der Waals surface area contributed by atoms with Gasteiger partial charge in [-0.3, -0.25) is 37.3 Å². The number of aliphatic hydroxyl groups excluding tert-OH is 1. The molecule has 0 saturated heterocycles. The lowest BCUT2D eigenvalue weighted by Crippen LogP contribution is -2.30. The Morgan fingerprint density at radius 3 is 0.810 bits per heavy atom. The summed E-state index contributed by atoms with van der Waals surface area (Å²) in [5, 5.41) is 10.5. The average Bonchev–Trinajstić information content (AvgIpc) is 3.52. The number of esters is 4. The number of rotatable bonds is 65. The van der Waals surface area contributed by atoms with Gasteiger partial charge in [-0.2, -0.15) is 0 Å². The first-order valence-electron chi connectivity index (χ1n) is 34.1.